The maximum Gasteiger partial charge on any atom is 0.469 e. The van der Waals surface area contributed by atoms with Gasteiger partial charge in [0, 0.05) is 6.42 Å². The molecule has 0 saturated carbocycles. The van der Waals surface area contributed by atoms with Crippen molar-refractivity contribution >= 4 is 13.8 Å². The van der Waals surface area contributed by atoms with Gasteiger partial charge in [0.25, 0.3) is 0 Å². The Morgan fingerprint density at radius 3 is 2.04 bits per heavy atom. The highest BCUT2D eigenvalue weighted by atomic mass is 31.2. The number of aliphatic hydroxyl groups excluding tert-OH is 1. The van der Waals surface area contributed by atoms with E-state index in [0.29, 0.717) is 6.42 Å². The van der Waals surface area contributed by atoms with E-state index in [9.17, 15) is 14.5 Å². The fourth-order valence-electron chi connectivity index (χ4n) is 1.90. The highest BCUT2D eigenvalue weighted by molar-refractivity contribution is 7.46. The molecule has 0 aromatic heterocycles. The van der Waals surface area contributed by atoms with E-state index < -0.39 is 26.5 Å². The lowest BCUT2D eigenvalue weighted by Crippen LogP contribution is -2.23. The minimum absolute atomic E-state index is 0. The highest BCUT2D eigenvalue weighted by Crippen LogP contribution is 2.35. The molecule has 0 bridgehead atoms. The van der Waals surface area contributed by atoms with Crippen LogP contribution in [0.5, 0.6) is 0 Å². The van der Waals surface area contributed by atoms with Crippen molar-refractivity contribution in [2.45, 2.75) is 78.2 Å². The number of aliphatic hydroxyl groups is 1. The number of unbranched alkanes of at least 4 members (excludes halogenated alkanes) is 7. The number of hydrogen-bond donors (Lipinski definition) is 3. The summed E-state index contributed by atoms with van der Waals surface area (Å²) in [5.41, 5.74) is 0. The lowest BCUT2D eigenvalue weighted by molar-refractivity contribution is -0.147. The van der Waals surface area contributed by atoms with Crippen LogP contribution in [0.2, 0.25) is 0 Å². The van der Waals surface area contributed by atoms with Crippen molar-refractivity contribution in [3.63, 3.8) is 0 Å². The number of carbonyl (C=O) groups is 1. The summed E-state index contributed by atoms with van der Waals surface area (Å²) < 4.78 is 19.3. The summed E-state index contributed by atoms with van der Waals surface area (Å²) in [4.78, 5) is 28.3. The molecule has 0 heterocycles. The second kappa shape index (κ2) is 15.1. The van der Waals surface area contributed by atoms with Crippen molar-refractivity contribution in [1.29, 1.82) is 0 Å². The van der Waals surface area contributed by atoms with Crippen LogP contribution >= 0.6 is 7.82 Å². The van der Waals surface area contributed by atoms with Gasteiger partial charge in [0.1, 0.15) is 12.7 Å². The minimum atomic E-state index is -4.60. The van der Waals surface area contributed by atoms with Gasteiger partial charge in [-0.1, -0.05) is 59.3 Å². The van der Waals surface area contributed by atoms with Crippen LogP contribution in [0.25, 0.3) is 0 Å². The summed E-state index contributed by atoms with van der Waals surface area (Å²) in [7, 11) is -4.60. The van der Waals surface area contributed by atoms with Crippen LogP contribution < -0.4 is 0 Å². The first-order valence-corrected chi connectivity index (χ1v) is 9.42. The van der Waals surface area contributed by atoms with Crippen LogP contribution in [0.3, 0.4) is 0 Å². The highest BCUT2D eigenvalue weighted by Gasteiger charge is 2.17. The molecular weight excluding hydrogens is 323 g/mol. The Hall–Kier alpha value is -0.460. The largest absolute Gasteiger partial charge is 0.469 e. The lowest BCUT2D eigenvalue weighted by Gasteiger charge is -2.12. The SMILES string of the molecule is C.CCCCCCCCCCC(=O)OC[C@@H](O)COP(=O)(O)O. The van der Waals surface area contributed by atoms with Gasteiger partial charge in [-0.3, -0.25) is 9.32 Å². The normalized spacial score (nSPS) is 12.5. The molecule has 0 radical (unpaired) electrons. The third kappa shape index (κ3) is 19.5. The van der Waals surface area contributed by atoms with E-state index in [-0.39, 0.29) is 14.0 Å². The molecule has 23 heavy (non-hydrogen) atoms. The summed E-state index contributed by atoms with van der Waals surface area (Å²) in [5.74, 6) is -0.416. The summed E-state index contributed by atoms with van der Waals surface area (Å²) in [6.45, 7) is 1.28. The van der Waals surface area contributed by atoms with Gasteiger partial charge in [0.2, 0.25) is 0 Å². The first-order chi connectivity index (χ1) is 10.3. The third-order valence-corrected chi connectivity index (χ3v) is 3.59. The molecule has 140 valence electrons. The van der Waals surface area contributed by atoms with Gasteiger partial charge in [-0.2, -0.15) is 0 Å². The first-order valence-electron chi connectivity index (χ1n) is 7.89. The number of esters is 1. The predicted octanol–water partition coefficient (Wildman–Crippen LogP) is 3.17. The molecule has 8 heteroatoms. The van der Waals surface area contributed by atoms with Gasteiger partial charge in [0.15, 0.2) is 0 Å². The zero-order valence-corrected chi connectivity index (χ0v) is 14.2. The zero-order chi connectivity index (χ0) is 16.8. The van der Waals surface area contributed by atoms with E-state index in [1.807, 2.05) is 0 Å². The average molecular weight is 356 g/mol. The Balaban J connectivity index is 0. The van der Waals surface area contributed by atoms with Gasteiger partial charge in [-0.15, -0.1) is 0 Å². The molecule has 0 aliphatic rings. The fraction of sp³-hybridized carbons (Fsp3) is 0.933. The van der Waals surface area contributed by atoms with Gasteiger partial charge in [-0.05, 0) is 6.42 Å². The van der Waals surface area contributed by atoms with E-state index in [0.717, 1.165) is 19.3 Å². The van der Waals surface area contributed by atoms with Gasteiger partial charge >= 0.3 is 13.8 Å². The summed E-state index contributed by atoms with van der Waals surface area (Å²) in [6, 6.07) is 0. The Labute approximate surface area is 139 Å². The zero-order valence-electron chi connectivity index (χ0n) is 13.3. The standard InChI is InChI=1S/C14H29O7P.CH4/c1-2-3-4-5-6-7-8-9-10-14(16)20-11-13(15)12-21-22(17,18)19;/h13,15H,2-12H2,1H3,(H2,17,18,19);1H4/t13-;/m1./s1. The van der Waals surface area contributed by atoms with Crippen LogP contribution in [0.15, 0.2) is 0 Å². The number of hydrogen-bond acceptors (Lipinski definition) is 5. The Morgan fingerprint density at radius 2 is 1.52 bits per heavy atom. The Morgan fingerprint density at radius 1 is 1.00 bits per heavy atom. The smallest absolute Gasteiger partial charge is 0.463 e. The van der Waals surface area contributed by atoms with E-state index in [1.165, 1.54) is 32.1 Å². The van der Waals surface area contributed by atoms with Crippen LogP contribution in [0.1, 0.15) is 72.1 Å². The molecule has 0 amide bonds. The summed E-state index contributed by atoms with van der Waals surface area (Å²) in [6.07, 6.45) is 8.10. The second-order valence-corrected chi connectivity index (χ2v) is 6.59. The van der Waals surface area contributed by atoms with Crippen molar-refractivity contribution in [1.82, 2.24) is 0 Å². The molecular formula is C15H33O7P. The van der Waals surface area contributed by atoms with Crippen molar-refractivity contribution in [3.8, 4) is 0 Å². The summed E-state index contributed by atoms with van der Waals surface area (Å²) >= 11 is 0. The van der Waals surface area contributed by atoms with E-state index in [1.54, 1.807) is 0 Å². The molecule has 0 aromatic carbocycles. The maximum absolute atomic E-state index is 11.4. The molecule has 1 atom stereocenters. The van der Waals surface area contributed by atoms with Crippen molar-refractivity contribution < 1.29 is 33.5 Å². The van der Waals surface area contributed by atoms with E-state index in [4.69, 9.17) is 14.5 Å². The third-order valence-electron chi connectivity index (χ3n) is 3.11. The van der Waals surface area contributed by atoms with E-state index in [2.05, 4.69) is 11.4 Å². The molecule has 0 unspecified atom stereocenters. The Kier molecular flexibility index (Phi) is 16.3. The van der Waals surface area contributed by atoms with Crippen LogP contribution in [0, 0.1) is 0 Å². The van der Waals surface area contributed by atoms with Crippen molar-refractivity contribution in [2.24, 2.45) is 0 Å². The molecule has 7 nitrogen and oxygen atoms in total. The van der Waals surface area contributed by atoms with Gasteiger partial charge in [0.05, 0.1) is 6.61 Å². The fourth-order valence-corrected chi connectivity index (χ4v) is 2.26. The van der Waals surface area contributed by atoms with Crippen LogP contribution in [0.4, 0.5) is 0 Å². The molecule has 0 aliphatic carbocycles. The average Bonchev–Trinajstić information content (AvgIpc) is 2.45. The molecule has 0 saturated heterocycles. The number of rotatable bonds is 14. The van der Waals surface area contributed by atoms with Crippen LogP contribution in [-0.4, -0.2) is 40.2 Å². The lowest BCUT2D eigenvalue weighted by atomic mass is 10.1. The maximum atomic E-state index is 11.4. The first kappa shape index (κ1) is 24.8. The number of ether oxygens (including phenoxy) is 1. The van der Waals surface area contributed by atoms with Crippen molar-refractivity contribution in [2.75, 3.05) is 13.2 Å². The molecule has 3 N–H and O–H groups in total. The van der Waals surface area contributed by atoms with Gasteiger partial charge < -0.3 is 19.6 Å². The molecule has 0 fully saturated rings. The Bertz CT molecular complexity index is 330. The molecule has 0 aromatic rings. The number of carbonyl (C=O) groups excluding carboxylic acids is 1. The van der Waals surface area contributed by atoms with E-state index >= 15 is 0 Å². The quantitative estimate of drug-likeness (QED) is 0.249. The molecule has 0 spiro atoms. The molecule has 0 rings (SSSR count). The molecule has 0 aliphatic heterocycles. The minimum Gasteiger partial charge on any atom is -0.463 e. The number of phosphoric ester groups is 1. The summed E-state index contributed by atoms with van der Waals surface area (Å²) in [5, 5.41) is 9.33. The monoisotopic (exact) mass is 356 g/mol. The second-order valence-electron chi connectivity index (χ2n) is 5.35. The van der Waals surface area contributed by atoms with Gasteiger partial charge in [-0.25, -0.2) is 4.57 Å². The predicted molar refractivity (Wildman–Crippen MR) is 88.9 cm³/mol. The van der Waals surface area contributed by atoms with Crippen LogP contribution in [-0.2, 0) is 18.6 Å². The van der Waals surface area contributed by atoms with Crippen molar-refractivity contribution in [3.05, 3.63) is 0 Å². The topological polar surface area (TPSA) is 113 Å². The number of phosphoric acid groups is 1.